The van der Waals surface area contributed by atoms with Crippen LogP contribution in [0.3, 0.4) is 0 Å². The highest BCUT2D eigenvalue weighted by Crippen LogP contribution is 2.13. The van der Waals surface area contributed by atoms with Gasteiger partial charge in [0.25, 0.3) is 4.51 Å². The number of nitrogens with zero attached hydrogens (tertiary/aromatic N) is 1. The normalized spacial score (nSPS) is 8.67. The molecule has 1 aromatic carbocycles. The number of halogens is 1. The smallest absolute Gasteiger partial charge is 0.260 e. The van der Waals surface area contributed by atoms with Gasteiger partial charge in [-0.05, 0) is 42.0 Å². The molecule has 0 aromatic heterocycles. The lowest BCUT2D eigenvalue weighted by Crippen LogP contribution is -1.95. The van der Waals surface area contributed by atoms with E-state index in [9.17, 15) is 0 Å². The highest BCUT2D eigenvalue weighted by Gasteiger charge is 1.97. The lowest BCUT2D eigenvalue weighted by molar-refractivity contribution is 0.577. The van der Waals surface area contributed by atoms with E-state index in [1.165, 1.54) is 0 Å². The molecule has 0 heterocycles. The minimum Gasteiger partial charge on any atom is -0.436 e. The van der Waals surface area contributed by atoms with Crippen molar-refractivity contribution in [3.63, 3.8) is 0 Å². The fourth-order valence-electron chi connectivity index (χ4n) is 0.722. The first kappa shape index (κ1) is 8.98. The number of nitriles is 1. The van der Waals surface area contributed by atoms with Gasteiger partial charge in [-0.2, -0.15) is 5.26 Å². The highest BCUT2D eigenvalue weighted by molar-refractivity contribution is 7.82. The fraction of sp³-hybridized carbons (Fsp3) is 0. The van der Waals surface area contributed by atoms with Crippen molar-refractivity contribution in [3.8, 4) is 11.8 Å². The summed E-state index contributed by atoms with van der Waals surface area (Å²) in [6, 6.07) is 8.58. The molecule has 0 aliphatic heterocycles. The van der Waals surface area contributed by atoms with E-state index in [1.54, 1.807) is 24.3 Å². The molecule has 0 unspecified atom stereocenters. The second-order valence-corrected chi connectivity index (χ2v) is 2.92. The van der Waals surface area contributed by atoms with E-state index < -0.39 is 0 Å². The summed E-state index contributed by atoms with van der Waals surface area (Å²) in [5.74, 6) is 0.481. The van der Waals surface area contributed by atoms with Gasteiger partial charge in [0.05, 0.1) is 11.6 Å². The summed E-state index contributed by atoms with van der Waals surface area (Å²) in [5, 5.41) is 8.52. The Morgan fingerprint density at radius 2 is 2.33 bits per heavy atom. The Kier molecular flexibility index (Phi) is 3.03. The number of thiocarbonyl (C=S) groups is 1. The first-order valence-corrected chi connectivity index (χ1v) is 3.88. The average Bonchev–Trinajstić information content (AvgIpc) is 2.03. The third kappa shape index (κ3) is 2.50. The van der Waals surface area contributed by atoms with E-state index in [1.807, 2.05) is 6.07 Å². The summed E-state index contributed by atoms with van der Waals surface area (Å²) in [4.78, 5) is 0. The maximum atomic E-state index is 8.52. The average molecular weight is 198 g/mol. The van der Waals surface area contributed by atoms with E-state index in [0.717, 1.165) is 0 Å². The monoisotopic (exact) mass is 197 g/mol. The minimum absolute atomic E-state index is 0.0786. The number of benzene rings is 1. The summed E-state index contributed by atoms with van der Waals surface area (Å²) in [5.41, 5.74) is 0.514. The zero-order chi connectivity index (χ0) is 8.97. The Balaban J connectivity index is 2.88. The third-order valence-electron chi connectivity index (χ3n) is 1.16. The van der Waals surface area contributed by atoms with E-state index >= 15 is 0 Å². The van der Waals surface area contributed by atoms with Crippen molar-refractivity contribution >= 4 is 28.3 Å². The van der Waals surface area contributed by atoms with Gasteiger partial charge in [0.1, 0.15) is 5.75 Å². The van der Waals surface area contributed by atoms with Crippen LogP contribution in [-0.2, 0) is 0 Å². The van der Waals surface area contributed by atoms with Gasteiger partial charge >= 0.3 is 0 Å². The van der Waals surface area contributed by atoms with Crippen LogP contribution in [0.25, 0.3) is 0 Å². The Hall–Kier alpha value is -1.11. The molecule has 0 amide bonds. The lowest BCUT2D eigenvalue weighted by Gasteiger charge is -1.99. The summed E-state index contributed by atoms with van der Waals surface area (Å²) < 4.78 is 4.82. The molecule has 0 saturated carbocycles. The van der Waals surface area contributed by atoms with Crippen molar-refractivity contribution in [1.29, 1.82) is 5.26 Å². The summed E-state index contributed by atoms with van der Waals surface area (Å²) in [6.07, 6.45) is 0. The van der Waals surface area contributed by atoms with Crippen LogP contribution in [-0.4, -0.2) is 4.51 Å². The molecule has 4 heteroatoms. The van der Waals surface area contributed by atoms with Crippen molar-refractivity contribution < 1.29 is 4.74 Å². The maximum Gasteiger partial charge on any atom is 0.260 e. The van der Waals surface area contributed by atoms with Gasteiger partial charge in [0.15, 0.2) is 0 Å². The first-order chi connectivity index (χ1) is 5.72. The standard InChI is InChI=1S/C8H4ClNOS/c9-8(12)11-7-3-1-2-6(4-7)5-10/h1-4H. The van der Waals surface area contributed by atoms with Crippen LogP contribution >= 0.6 is 23.8 Å². The minimum atomic E-state index is -0.0786. The van der Waals surface area contributed by atoms with Gasteiger partial charge in [0, 0.05) is 0 Å². The molecule has 1 rings (SSSR count). The third-order valence-corrected chi connectivity index (χ3v) is 1.32. The molecule has 0 N–H and O–H groups in total. The Labute approximate surface area is 80.3 Å². The summed E-state index contributed by atoms with van der Waals surface area (Å²) >= 11 is 9.85. The van der Waals surface area contributed by atoms with Crippen LogP contribution in [0.5, 0.6) is 5.75 Å². The van der Waals surface area contributed by atoms with Crippen LogP contribution in [0.1, 0.15) is 5.56 Å². The largest absolute Gasteiger partial charge is 0.436 e. The van der Waals surface area contributed by atoms with E-state index in [0.29, 0.717) is 11.3 Å². The van der Waals surface area contributed by atoms with Gasteiger partial charge < -0.3 is 4.74 Å². The fourth-order valence-corrected chi connectivity index (χ4v) is 0.907. The van der Waals surface area contributed by atoms with E-state index in [4.69, 9.17) is 21.6 Å². The van der Waals surface area contributed by atoms with Gasteiger partial charge in [0.2, 0.25) is 0 Å². The van der Waals surface area contributed by atoms with Crippen LogP contribution < -0.4 is 4.74 Å². The molecule has 2 nitrogen and oxygen atoms in total. The quantitative estimate of drug-likeness (QED) is 0.512. The topological polar surface area (TPSA) is 33.0 Å². The van der Waals surface area contributed by atoms with Crippen LogP contribution in [0, 0.1) is 11.3 Å². The van der Waals surface area contributed by atoms with Crippen LogP contribution in [0.2, 0.25) is 0 Å². The summed E-state index contributed by atoms with van der Waals surface area (Å²) in [6.45, 7) is 0. The molecule has 0 radical (unpaired) electrons. The van der Waals surface area contributed by atoms with Crippen molar-refractivity contribution in [1.82, 2.24) is 0 Å². The second-order valence-electron chi connectivity index (χ2n) is 1.98. The second kappa shape index (κ2) is 4.05. The molecule has 12 heavy (non-hydrogen) atoms. The Morgan fingerprint density at radius 3 is 2.92 bits per heavy atom. The Bertz CT molecular complexity index is 345. The highest BCUT2D eigenvalue weighted by atomic mass is 35.5. The van der Waals surface area contributed by atoms with E-state index in [2.05, 4.69) is 12.2 Å². The maximum absolute atomic E-state index is 8.52. The molecular formula is C8H4ClNOS. The number of hydrogen-bond acceptors (Lipinski definition) is 3. The number of hydrogen-bond donors (Lipinski definition) is 0. The van der Waals surface area contributed by atoms with Gasteiger partial charge in [-0.3, -0.25) is 0 Å². The summed E-state index contributed by atoms with van der Waals surface area (Å²) in [7, 11) is 0. The van der Waals surface area contributed by atoms with E-state index in [-0.39, 0.29) is 4.51 Å². The zero-order valence-electron chi connectivity index (χ0n) is 5.95. The molecule has 0 atom stereocenters. The Morgan fingerprint density at radius 1 is 1.58 bits per heavy atom. The molecule has 0 spiro atoms. The molecule has 0 saturated heterocycles. The lowest BCUT2D eigenvalue weighted by atomic mass is 10.2. The predicted molar refractivity (Wildman–Crippen MR) is 50.2 cm³/mol. The van der Waals surface area contributed by atoms with Crippen molar-refractivity contribution in [2.24, 2.45) is 0 Å². The van der Waals surface area contributed by atoms with Crippen molar-refractivity contribution in [3.05, 3.63) is 29.8 Å². The zero-order valence-corrected chi connectivity index (χ0v) is 7.52. The molecule has 0 fully saturated rings. The molecule has 0 bridgehead atoms. The molecule has 60 valence electrons. The number of ether oxygens (including phenoxy) is 1. The molecule has 0 aliphatic rings. The first-order valence-electron chi connectivity index (χ1n) is 3.10. The van der Waals surface area contributed by atoms with Crippen molar-refractivity contribution in [2.75, 3.05) is 0 Å². The number of rotatable bonds is 1. The molecular weight excluding hydrogens is 194 g/mol. The van der Waals surface area contributed by atoms with Crippen molar-refractivity contribution in [2.45, 2.75) is 0 Å². The molecule has 0 aliphatic carbocycles. The van der Waals surface area contributed by atoms with Crippen LogP contribution in [0.15, 0.2) is 24.3 Å². The predicted octanol–water partition coefficient (Wildman–Crippen LogP) is 2.46. The SMILES string of the molecule is N#Cc1cccc(OC(=S)Cl)c1. The van der Waals surface area contributed by atoms with Crippen LogP contribution in [0.4, 0.5) is 0 Å². The molecule has 1 aromatic rings. The van der Waals surface area contributed by atoms with Gasteiger partial charge in [-0.25, -0.2) is 0 Å². The van der Waals surface area contributed by atoms with Gasteiger partial charge in [-0.15, -0.1) is 0 Å². The van der Waals surface area contributed by atoms with Gasteiger partial charge in [-0.1, -0.05) is 6.07 Å².